The number of aryl methyl sites for hydroxylation is 1. The minimum absolute atomic E-state index is 0.174. The van der Waals surface area contributed by atoms with Crippen LogP contribution in [0.2, 0.25) is 0 Å². The van der Waals surface area contributed by atoms with Gasteiger partial charge in [-0.25, -0.2) is 4.98 Å². The van der Waals surface area contributed by atoms with Gasteiger partial charge in [-0.3, -0.25) is 19.0 Å². The van der Waals surface area contributed by atoms with Crippen molar-refractivity contribution in [3.05, 3.63) is 110 Å². The SMILES string of the molecule is CCc1ccc(CNC(=O)c2ccc(Cn3c(=O)c(=O)[nH]c4cccnc43)cc2)cc1. The number of aromatic amines is 1. The highest BCUT2D eigenvalue weighted by Gasteiger charge is 2.10. The molecule has 156 valence electrons. The zero-order chi connectivity index (χ0) is 21.8. The molecule has 0 bridgehead atoms. The van der Waals surface area contributed by atoms with Gasteiger partial charge >= 0.3 is 11.1 Å². The first-order chi connectivity index (χ1) is 15.0. The van der Waals surface area contributed by atoms with Crippen LogP contribution in [0, 0.1) is 0 Å². The van der Waals surface area contributed by atoms with Gasteiger partial charge in [0.15, 0.2) is 5.65 Å². The molecule has 0 aliphatic carbocycles. The Morgan fingerprint density at radius 3 is 2.35 bits per heavy atom. The van der Waals surface area contributed by atoms with Crippen LogP contribution in [0.3, 0.4) is 0 Å². The molecule has 0 aliphatic rings. The highest BCUT2D eigenvalue weighted by Crippen LogP contribution is 2.10. The highest BCUT2D eigenvalue weighted by molar-refractivity contribution is 5.94. The first kappa shape index (κ1) is 20.3. The van der Waals surface area contributed by atoms with E-state index in [4.69, 9.17) is 0 Å². The van der Waals surface area contributed by atoms with Gasteiger partial charge in [0.1, 0.15) is 0 Å². The third-order valence-electron chi connectivity index (χ3n) is 5.17. The number of nitrogens with zero attached hydrogens (tertiary/aromatic N) is 2. The van der Waals surface area contributed by atoms with Crippen LogP contribution in [0.1, 0.15) is 34.0 Å². The van der Waals surface area contributed by atoms with Gasteiger partial charge in [-0.2, -0.15) is 0 Å². The van der Waals surface area contributed by atoms with Crippen molar-refractivity contribution in [3.63, 3.8) is 0 Å². The van der Waals surface area contributed by atoms with Gasteiger partial charge in [0.05, 0.1) is 12.1 Å². The fourth-order valence-corrected chi connectivity index (χ4v) is 3.37. The van der Waals surface area contributed by atoms with Crippen molar-refractivity contribution in [2.75, 3.05) is 0 Å². The highest BCUT2D eigenvalue weighted by atomic mass is 16.2. The van der Waals surface area contributed by atoms with Crippen molar-refractivity contribution in [2.24, 2.45) is 0 Å². The van der Waals surface area contributed by atoms with Gasteiger partial charge in [0, 0.05) is 18.3 Å². The van der Waals surface area contributed by atoms with Gasteiger partial charge < -0.3 is 10.3 Å². The molecule has 2 heterocycles. The number of carbonyl (C=O) groups is 1. The van der Waals surface area contributed by atoms with E-state index in [2.05, 4.69) is 34.3 Å². The second-order valence-corrected chi connectivity index (χ2v) is 7.27. The molecule has 4 rings (SSSR count). The van der Waals surface area contributed by atoms with E-state index < -0.39 is 11.1 Å². The molecular weight excluding hydrogens is 392 g/mol. The summed E-state index contributed by atoms with van der Waals surface area (Å²) in [5.74, 6) is -0.174. The largest absolute Gasteiger partial charge is 0.348 e. The van der Waals surface area contributed by atoms with Crippen LogP contribution in [-0.4, -0.2) is 20.4 Å². The number of hydrogen-bond donors (Lipinski definition) is 2. The van der Waals surface area contributed by atoms with Gasteiger partial charge in [0.2, 0.25) is 0 Å². The first-order valence-corrected chi connectivity index (χ1v) is 10.1. The molecule has 0 saturated heterocycles. The predicted molar refractivity (Wildman–Crippen MR) is 119 cm³/mol. The minimum Gasteiger partial charge on any atom is -0.348 e. The van der Waals surface area contributed by atoms with Gasteiger partial charge in [-0.15, -0.1) is 0 Å². The van der Waals surface area contributed by atoms with Crippen LogP contribution in [-0.2, 0) is 19.5 Å². The van der Waals surface area contributed by atoms with E-state index in [0.29, 0.717) is 23.3 Å². The average Bonchev–Trinajstić information content (AvgIpc) is 2.81. The molecule has 4 aromatic rings. The third-order valence-corrected chi connectivity index (χ3v) is 5.17. The molecule has 0 unspecified atom stereocenters. The Hall–Kier alpha value is -4.00. The fraction of sp³-hybridized carbons (Fsp3) is 0.167. The summed E-state index contributed by atoms with van der Waals surface area (Å²) in [6.07, 6.45) is 2.55. The average molecular weight is 414 g/mol. The second kappa shape index (κ2) is 8.79. The Bertz CT molecular complexity index is 1340. The standard InChI is InChI=1S/C24H22N4O3/c1-2-16-5-7-17(8-6-16)14-26-22(29)19-11-9-18(10-12-19)15-28-21-20(4-3-13-25-21)27-23(30)24(28)31/h3-13H,2,14-15H2,1H3,(H,26,29)(H,27,30). The minimum atomic E-state index is -0.691. The molecule has 7 nitrogen and oxygen atoms in total. The second-order valence-electron chi connectivity index (χ2n) is 7.27. The number of benzene rings is 2. The van der Waals surface area contributed by atoms with Crippen LogP contribution < -0.4 is 16.4 Å². The van der Waals surface area contributed by atoms with Gasteiger partial charge in [0.25, 0.3) is 5.91 Å². The summed E-state index contributed by atoms with van der Waals surface area (Å²) in [6.45, 7) is 2.73. The number of fused-ring (bicyclic) bond motifs is 1. The number of H-pyrrole nitrogens is 1. The maximum Gasteiger partial charge on any atom is 0.318 e. The zero-order valence-corrected chi connectivity index (χ0v) is 17.1. The molecular formula is C24H22N4O3. The lowest BCUT2D eigenvalue weighted by Crippen LogP contribution is -2.36. The number of aromatic nitrogens is 3. The fourth-order valence-electron chi connectivity index (χ4n) is 3.37. The summed E-state index contributed by atoms with van der Waals surface area (Å²) in [7, 11) is 0. The normalized spacial score (nSPS) is 10.9. The van der Waals surface area contributed by atoms with Crippen molar-refractivity contribution in [3.8, 4) is 0 Å². The number of nitrogens with one attached hydrogen (secondary N) is 2. The van der Waals surface area contributed by atoms with E-state index in [1.807, 2.05) is 12.1 Å². The molecule has 0 aliphatic heterocycles. The topological polar surface area (TPSA) is 96.9 Å². The van der Waals surface area contributed by atoms with E-state index in [9.17, 15) is 14.4 Å². The smallest absolute Gasteiger partial charge is 0.318 e. The van der Waals surface area contributed by atoms with E-state index in [0.717, 1.165) is 17.5 Å². The summed E-state index contributed by atoms with van der Waals surface area (Å²) in [4.78, 5) is 43.5. The molecule has 0 fully saturated rings. The monoisotopic (exact) mass is 414 g/mol. The van der Waals surface area contributed by atoms with E-state index in [1.165, 1.54) is 10.1 Å². The molecule has 0 spiro atoms. The Morgan fingerprint density at radius 1 is 0.968 bits per heavy atom. The van der Waals surface area contributed by atoms with Crippen molar-refractivity contribution in [1.82, 2.24) is 19.9 Å². The molecule has 1 amide bonds. The van der Waals surface area contributed by atoms with Crippen LogP contribution in [0.5, 0.6) is 0 Å². The number of carbonyl (C=O) groups excluding carboxylic acids is 1. The maximum atomic E-state index is 12.5. The van der Waals surface area contributed by atoms with Crippen molar-refractivity contribution < 1.29 is 4.79 Å². The summed E-state index contributed by atoms with van der Waals surface area (Å²) in [6, 6.07) is 18.5. The Kier molecular flexibility index (Phi) is 5.75. The van der Waals surface area contributed by atoms with Gasteiger partial charge in [-0.05, 0) is 47.4 Å². The molecule has 2 aromatic heterocycles. The lowest BCUT2D eigenvalue weighted by Gasteiger charge is -2.10. The molecule has 2 N–H and O–H groups in total. The Morgan fingerprint density at radius 2 is 1.65 bits per heavy atom. The van der Waals surface area contributed by atoms with Crippen LogP contribution in [0.25, 0.3) is 11.2 Å². The third kappa shape index (κ3) is 4.45. The first-order valence-electron chi connectivity index (χ1n) is 10.1. The molecule has 0 radical (unpaired) electrons. The number of amides is 1. The van der Waals surface area contributed by atoms with Crippen molar-refractivity contribution in [2.45, 2.75) is 26.4 Å². The number of rotatable bonds is 6. The lowest BCUT2D eigenvalue weighted by molar-refractivity contribution is 0.0951. The predicted octanol–water partition coefficient (Wildman–Crippen LogP) is 2.63. The molecule has 0 atom stereocenters. The van der Waals surface area contributed by atoms with E-state index in [-0.39, 0.29) is 12.5 Å². The van der Waals surface area contributed by atoms with E-state index >= 15 is 0 Å². The zero-order valence-electron chi connectivity index (χ0n) is 17.1. The van der Waals surface area contributed by atoms with Crippen molar-refractivity contribution in [1.29, 1.82) is 0 Å². The van der Waals surface area contributed by atoms with E-state index in [1.54, 1.807) is 42.6 Å². The molecule has 0 saturated carbocycles. The number of hydrogen-bond acceptors (Lipinski definition) is 4. The van der Waals surface area contributed by atoms with Crippen molar-refractivity contribution >= 4 is 17.1 Å². The maximum absolute atomic E-state index is 12.5. The Balaban J connectivity index is 1.48. The van der Waals surface area contributed by atoms with Gasteiger partial charge in [-0.1, -0.05) is 43.3 Å². The quantitative estimate of drug-likeness (QED) is 0.474. The molecule has 7 heteroatoms. The number of pyridine rings is 1. The Labute approximate surface area is 178 Å². The summed E-state index contributed by atoms with van der Waals surface area (Å²) in [5.41, 5.74) is 3.15. The van der Waals surface area contributed by atoms with Crippen LogP contribution in [0.15, 0.2) is 76.4 Å². The summed E-state index contributed by atoms with van der Waals surface area (Å²) < 4.78 is 1.34. The lowest BCUT2D eigenvalue weighted by atomic mass is 10.1. The summed E-state index contributed by atoms with van der Waals surface area (Å²) in [5, 5.41) is 2.91. The molecule has 2 aromatic carbocycles. The summed E-state index contributed by atoms with van der Waals surface area (Å²) >= 11 is 0. The van der Waals surface area contributed by atoms with Crippen LogP contribution >= 0.6 is 0 Å². The molecule has 31 heavy (non-hydrogen) atoms. The van der Waals surface area contributed by atoms with Crippen LogP contribution in [0.4, 0.5) is 0 Å².